The summed E-state index contributed by atoms with van der Waals surface area (Å²) in [6, 6.07) is 0.586. The molecule has 3 heteroatoms. The number of likely N-dealkylation sites (tertiary alicyclic amines) is 1. The minimum Gasteiger partial charge on any atom is -0.338 e. The molecule has 0 radical (unpaired) electrons. The highest BCUT2D eigenvalue weighted by molar-refractivity contribution is 9.10. The van der Waals surface area contributed by atoms with E-state index >= 15 is 0 Å². The number of rotatable bonds is 3. The van der Waals surface area contributed by atoms with Crippen LogP contribution in [-0.2, 0) is 4.79 Å². The van der Waals surface area contributed by atoms with Crippen molar-refractivity contribution in [1.29, 1.82) is 0 Å². The number of nitrogens with zero attached hydrogens (tertiary/aromatic N) is 1. The number of amides is 1. The molecule has 14 heavy (non-hydrogen) atoms. The second kappa shape index (κ2) is 4.21. The molecule has 1 amide bonds. The van der Waals surface area contributed by atoms with E-state index in [2.05, 4.69) is 27.8 Å². The molecule has 0 aromatic carbocycles. The van der Waals surface area contributed by atoms with Crippen molar-refractivity contribution in [3.63, 3.8) is 0 Å². The highest BCUT2D eigenvalue weighted by Crippen LogP contribution is 2.41. The van der Waals surface area contributed by atoms with Gasteiger partial charge in [0.15, 0.2) is 0 Å². The largest absolute Gasteiger partial charge is 0.338 e. The first-order chi connectivity index (χ1) is 6.74. The number of hydrogen-bond donors (Lipinski definition) is 0. The smallest absolute Gasteiger partial charge is 0.236 e. The molecule has 0 spiro atoms. The van der Waals surface area contributed by atoms with Crippen LogP contribution in [0.15, 0.2) is 0 Å². The van der Waals surface area contributed by atoms with E-state index in [0.29, 0.717) is 11.9 Å². The third-order valence-electron chi connectivity index (χ3n) is 3.35. The van der Waals surface area contributed by atoms with Crippen molar-refractivity contribution in [2.75, 3.05) is 6.54 Å². The first-order valence-corrected chi connectivity index (χ1v) is 6.60. The van der Waals surface area contributed by atoms with Gasteiger partial charge in [0.05, 0.1) is 4.83 Å². The summed E-state index contributed by atoms with van der Waals surface area (Å²) >= 11 is 3.46. The zero-order valence-electron chi connectivity index (χ0n) is 8.71. The van der Waals surface area contributed by atoms with Crippen LogP contribution >= 0.6 is 15.9 Å². The Morgan fingerprint density at radius 1 is 1.57 bits per heavy atom. The Kier molecular flexibility index (Phi) is 3.15. The van der Waals surface area contributed by atoms with Gasteiger partial charge in [-0.3, -0.25) is 4.79 Å². The van der Waals surface area contributed by atoms with Crippen LogP contribution in [0.1, 0.15) is 39.0 Å². The minimum absolute atomic E-state index is 0.0964. The average Bonchev–Trinajstić information content (AvgIpc) is 2.90. The van der Waals surface area contributed by atoms with Gasteiger partial charge in [-0.15, -0.1) is 0 Å². The molecule has 0 N–H and O–H groups in total. The van der Waals surface area contributed by atoms with Crippen LogP contribution in [0.4, 0.5) is 0 Å². The Balaban J connectivity index is 1.89. The molecule has 3 unspecified atom stereocenters. The number of carbonyl (C=O) groups is 1. The van der Waals surface area contributed by atoms with Crippen molar-refractivity contribution < 1.29 is 4.79 Å². The topological polar surface area (TPSA) is 20.3 Å². The molecule has 1 saturated heterocycles. The number of hydrogen-bond acceptors (Lipinski definition) is 1. The maximum absolute atomic E-state index is 11.8. The monoisotopic (exact) mass is 259 g/mol. The Morgan fingerprint density at radius 2 is 2.36 bits per heavy atom. The van der Waals surface area contributed by atoms with Gasteiger partial charge in [0.1, 0.15) is 0 Å². The maximum atomic E-state index is 11.8. The van der Waals surface area contributed by atoms with Crippen LogP contribution in [0.2, 0.25) is 0 Å². The zero-order chi connectivity index (χ0) is 10.1. The van der Waals surface area contributed by atoms with Gasteiger partial charge >= 0.3 is 0 Å². The lowest BCUT2D eigenvalue weighted by Gasteiger charge is -2.30. The first kappa shape index (κ1) is 10.5. The van der Waals surface area contributed by atoms with E-state index in [1.54, 1.807) is 0 Å². The van der Waals surface area contributed by atoms with Gasteiger partial charge in [-0.1, -0.05) is 29.3 Å². The van der Waals surface area contributed by atoms with Gasteiger partial charge in [0.25, 0.3) is 0 Å². The maximum Gasteiger partial charge on any atom is 0.236 e. The van der Waals surface area contributed by atoms with Gasteiger partial charge < -0.3 is 4.90 Å². The lowest BCUT2D eigenvalue weighted by Crippen LogP contribution is -2.43. The predicted octanol–water partition coefficient (Wildman–Crippen LogP) is 2.56. The second-order valence-electron chi connectivity index (χ2n) is 4.49. The van der Waals surface area contributed by atoms with Crippen molar-refractivity contribution in [3.8, 4) is 0 Å². The van der Waals surface area contributed by atoms with E-state index in [1.807, 2.05) is 0 Å². The third kappa shape index (κ3) is 1.97. The van der Waals surface area contributed by atoms with E-state index in [9.17, 15) is 4.79 Å². The van der Waals surface area contributed by atoms with Crippen molar-refractivity contribution in [3.05, 3.63) is 0 Å². The standard InChI is InChI=1S/C11H18BrNO/c1-2-4-8-7-10(8)13-6-3-5-9(12)11(13)14/h8-10H,2-7H2,1H3. The molecule has 1 aliphatic carbocycles. The minimum atomic E-state index is 0.0964. The molecule has 0 bridgehead atoms. The fourth-order valence-electron chi connectivity index (χ4n) is 2.48. The normalized spacial score (nSPS) is 37.4. The SMILES string of the molecule is CCCC1CC1N1CCCC(Br)C1=O. The Hall–Kier alpha value is -0.0500. The second-order valence-corrected chi connectivity index (χ2v) is 5.60. The lowest BCUT2D eigenvalue weighted by atomic mass is 10.1. The quantitative estimate of drug-likeness (QED) is 0.714. The van der Waals surface area contributed by atoms with Crippen molar-refractivity contribution >= 4 is 21.8 Å². The van der Waals surface area contributed by atoms with Crippen LogP contribution in [-0.4, -0.2) is 28.2 Å². The van der Waals surface area contributed by atoms with Crippen LogP contribution in [0.5, 0.6) is 0 Å². The molecule has 2 aliphatic rings. The molecule has 1 aliphatic heterocycles. The van der Waals surface area contributed by atoms with Crippen LogP contribution in [0.25, 0.3) is 0 Å². The summed E-state index contributed by atoms with van der Waals surface area (Å²) < 4.78 is 0. The first-order valence-electron chi connectivity index (χ1n) is 5.68. The number of carbonyl (C=O) groups excluding carboxylic acids is 1. The summed E-state index contributed by atoms with van der Waals surface area (Å²) in [5, 5.41) is 0. The van der Waals surface area contributed by atoms with Gasteiger partial charge in [-0.05, 0) is 31.6 Å². The van der Waals surface area contributed by atoms with E-state index in [0.717, 1.165) is 25.3 Å². The van der Waals surface area contributed by atoms with Gasteiger partial charge in [-0.2, -0.15) is 0 Å². The van der Waals surface area contributed by atoms with E-state index < -0.39 is 0 Å². The number of alkyl halides is 1. The van der Waals surface area contributed by atoms with E-state index in [-0.39, 0.29) is 4.83 Å². The third-order valence-corrected chi connectivity index (χ3v) is 4.20. The predicted molar refractivity (Wildman–Crippen MR) is 60.5 cm³/mol. The van der Waals surface area contributed by atoms with Gasteiger partial charge in [-0.25, -0.2) is 0 Å². The Morgan fingerprint density at radius 3 is 3.07 bits per heavy atom. The summed E-state index contributed by atoms with van der Waals surface area (Å²) in [6.45, 7) is 3.21. The van der Waals surface area contributed by atoms with Crippen molar-refractivity contribution in [2.24, 2.45) is 5.92 Å². The molecule has 3 atom stereocenters. The van der Waals surface area contributed by atoms with E-state index in [4.69, 9.17) is 0 Å². The summed E-state index contributed by atoms with van der Waals surface area (Å²) in [6.07, 6.45) is 5.97. The number of halogens is 1. The molecule has 2 nitrogen and oxygen atoms in total. The highest BCUT2D eigenvalue weighted by Gasteiger charge is 2.44. The van der Waals surface area contributed by atoms with Gasteiger partial charge in [0, 0.05) is 12.6 Å². The summed E-state index contributed by atoms with van der Waals surface area (Å²) in [7, 11) is 0. The number of piperidine rings is 1. The Labute approximate surface area is 94.2 Å². The van der Waals surface area contributed by atoms with Crippen molar-refractivity contribution in [1.82, 2.24) is 4.90 Å². The highest BCUT2D eigenvalue weighted by atomic mass is 79.9. The molecular formula is C11H18BrNO. The average molecular weight is 260 g/mol. The molecule has 0 aromatic rings. The molecule has 1 heterocycles. The van der Waals surface area contributed by atoms with Crippen LogP contribution < -0.4 is 0 Å². The molecular weight excluding hydrogens is 242 g/mol. The fraction of sp³-hybridized carbons (Fsp3) is 0.909. The van der Waals surface area contributed by atoms with Crippen LogP contribution in [0.3, 0.4) is 0 Å². The molecule has 2 rings (SSSR count). The zero-order valence-corrected chi connectivity index (χ0v) is 10.3. The van der Waals surface area contributed by atoms with E-state index in [1.165, 1.54) is 19.3 Å². The van der Waals surface area contributed by atoms with Gasteiger partial charge in [0.2, 0.25) is 5.91 Å². The lowest BCUT2D eigenvalue weighted by molar-refractivity contribution is -0.133. The summed E-state index contributed by atoms with van der Waals surface area (Å²) in [5.41, 5.74) is 0. The van der Waals surface area contributed by atoms with Crippen LogP contribution in [0, 0.1) is 5.92 Å². The summed E-state index contributed by atoms with van der Waals surface area (Å²) in [4.78, 5) is 14.0. The molecule has 0 aromatic heterocycles. The van der Waals surface area contributed by atoms with Crippen molar-refractivity contribution in [2.45, 2.75) is 49.9 Å². The fourth-order valence-corrected chi connectivity index (χ4v) is 3.06. The summed E-state index contributed by atoms with van der Waals surface area (Å²) in [5.74, 6) is 1.14. The molecule has 1 saturated carbocycles. The molecule has 2 fully saturated rings. The molecule has 80 valence electrons. The Bertz CT molecular complexity index is 231.